The van der Waals surface area contributed by atoms with Gasteiger partial charge in [-0.1, -0.05) is 12.1 Å². The normalized spacial score (nSPS) is 14.9. The van der Waals surface area contributed by atoms with Gasteiger partial charge in [-0.3, -0.25) is 9.48 Å². The Kier molecular flexibility index (Phi) is 6.23. The number of aryl methyl sites for hydroxylation is 1. The second-order valence-corrected chi connectivity index (χ2v) is 7.65. The van der Waals surface area contributed by atoms with Crippen molar-refractivity contribution in [1.82, 2.24) is 15.1 Å². The molecule has 1 atom stereocenters. The lowest BCUT2D eigenvalue weighted by atomic mass is 10.1. The lowest BCUT2D eigenvalue weighted by Crippen LogP contribution is -2.36. The number of rotatable bonds is 6. The predicted molar refractivity (Wildman–Crippen MR) is 121 cm³/mol. The Hall–Kier alpha value is -3.32. The van der Waals surface area contributed by atoms with Crippen molar-refractivity contribution >= 4 is 11.6 Å². The summed E-state index contributed by atoms with van der Waals surface area (Å²) in [5.41, 5.74) is 4.47. The van der Waals surface area contributed by atoms with Crippen LogP contribution in [0, 0.1) is 0 Å². The van der Waals surface area contributed by atoms with Gasteiger partial charge in [-0.15, -0.1) is 0 Å². The number of benzene rings is 2. The fourth-order valence-corrected chi connectivity index (χ4v) is 3.76. The molecule has 2 aromatic carbocycles. The average molecular weight is 421 g/mol. The number of nitrogens with one attached hydrogen (secondary N) is 1. The summed E-state index contributed by atoms with van der Waals surface area (Å²) in [6.45, 7) is 5.31. The van der Waals surface area contributed by atoms with Crippen LogP contribution in [0.25, 0.3) is 11.3 Å². The van der Waals surface area contributed by atoms with Crippen LogP contribution in [0.1, 0.15) is 29.0 Å². The van der Waals surface area contributed by atoms with E-state index in [0.29, 0.717) is 5.69 Å². The number of carbonyl (C=O) groups excluding carboxylic acids is 1. The van der Waals surface area contributed by atoms with Crippen molar-refractivity contribution < 1.29 is 14.3 Å². The number of ether oxygens (including phenoxy) is 2. The number of nitrogens with zero attached hydrogens (tertiary/aromatic N) is 3. The van der Waals surface area contributed by atoms with E-state index in [4.69, 9.17) is 9.47 Å². The van der Waals surface area contributed by atoms with E-state index in [-0.39, 0.29) is 11.9 Å². The van der Waals surface area contributed by atoms with Crippen LogP contribution >= 0.6 is 0 Å². The molecular weight excluding hydrogens is 392 g/mol. The van der Waals surface area contributed by atoms with Crippen LogP contribution in [0.15, 0.2) is 54.6 Å². The maximum atomic E-state index is 12.8. The van der Waals surface area contributed by atoms with Gasteiger partial charge in [-0.2, -0.15) is 5.10 Å². The van der Waals surface area contributed by atoms with Crippen LogP contribution in [0.5, 0.6) is 5.75 Å². The lowest BCUT2D eigenvalue weighted by molar-refractivity contribution is 0.0934. The van der Waals surface area contributed by atoms with Crippen molar-refractivity contribution in [2.75, 3.05) is 38.3 Å². The molecule has 7 nitrogen and oxygen atoms in total. The third kappa shape index (κ3) is 4.72. The van der Waals surface area contributed by atoms with Crippen LogP contribution < -0.4 is 15.0 Å². The van der Waals surface area contributed by atoms with Crippen molar-refractivity contribution in [3.8, 4) is 17.0 Å². The summed E-state index contributed by atoms with van der Waals surface area (Å²) in [6, 6.07) is 17.7. The van der Waals surface area contributed by atoms with E-state index in [2.05, 4.69) is 39.6 Å². The SMILES string of the molecule is COc1ccc(-c2cc(C(=O)N[C@@H](C)c3ccc(N4CCOCC4)cc3)nn2C)cc1. The first-order chi connectivity index (χ1) is 15.0. The highest BCUT2D eigenvalue weighted by atomic mass is 16.5. The summed E-state index contributed by atoms with van der Waals surface area (Å²) in [7, 11) is 3.48. The summed E-state index contributed by atoms with van der Waals surface area (Å²) >= 11 is 0. The fourth-order valence-electron chi connectivity index (χ4n) is 3.76. The van der Waals surface area contributed by atoms with Crippen LogP contribution in [0.2, 0.25) is 0 Å². The minimum absolute atomic E-state index is 0.127. The van der Waals surface area contributed by atoms with Crippen LogP contribution in [-0.4, -0.2) is 49.1 Å². The monoisotopic (exact) mass is 420 g/mol. The molecule has 1 fully saturated rings. The molecule has 0 unspecified atom stereocenters. The number of morpholine rings is 1. The Balaban J connectivity index is 1.42. The van der Waals surface area contributed by atoms with E-state index in [1.165, 1.54) is 5.69 Å². The van der Waals surface area contributed by atoms with E-state index in [1.54, 1.807) is 11.8 Å². The second-order valence-electron chi connectivity index (χ2n) is 7.65. The topological polar surface area (TPSA) is 68.6 Å². The number of anilines is 1. The standard InChI is InChI=1S/C24H28N4O3/c1-17(18-4-8-20(9-5-18)28-12-14-31-15-13-28)25-24(29)22-16-23(27(2)26-22)19-6-10-21(30-3)11-7-19/h4-11,16-17H,12-15H2,1-3H3,(H,25,29)/t17-/m0/s1. The molecule has 7 heteroatoms. The third-order valence-electron chi connectivity index (χ3n) is 5.62. The van der Waals surface area contributed by atoms with Crippen LogP contribution in [0.3, 0.4) is 0 Å². The molecule has 0 bridgehead atoms. The van der Waals surface area contributed by atoms with E-state index in [1.807, 2.05) is 44.3 Å². The minimum atomic E-state index is -0.194. The van der Waals surface area contributed by atoms with Crippen molar-refractivity contribution in [2.24, 2.45) is 7.05 Å². The number of carbonyl (C=O) groups is 1. The largest absolute Gasteiger partial charge is 0.497 e. The molecule has 4 rings (SSSR count). The Morgan fingerprint density at radius 1 is 1.10 bits per heavy atom. The zero-order valence-electron chi connectivity index (χ0n) is 18.2. The minimum Gasteiger partial charge on any atom is -0.497 e. The van der Waals surface area contributed by atoms with E-state index in [9.17, 15) is 4.79 Å². The molecule has 1 aliphatic rings. The van der Waals surface area contributed by atoms with E-state index >= 15 is 0 Å². The van der Waals surface area contributed by atoms with Gasteiger partial charge < -0.3 is 19.7 Å². The Morgan fingerprint density at radius 2 is 1.77 bits per heavy atom. The highest BCUT2D eigenvalue weighted by Gasteiger charge is 2.17. The molecule has 162 valence electrons. The van der Waals surface area contributed by atoms with Crippen molar-refractivity contribution in [1.29, 1.82) is 0 Å². The molecule has 1 aliphatic heterocycles. The molecule has 1 aromatic heterocycles. The predicted octanol–water partition coefficient (Wildman–Crippen LogP) is 3.42. The van der Waals surface area contributed by atoms with E-state index < -0.39 is 0 Å². The van der Waals surface area contributed by atoms with Gasteiger partial charge in [0.2, 0.25) is 0 Å². The third-order valence-corrected chi connectivity index (χ3v) is 5.62. The zero-order chi connectivity index (χ0) is 21.8. The molecule has 3 aromatic rings. The number of amides is 1. The number of methoxy groups -OCH3 is 1. The van der Waals surface area contributed by atoms with Gasteiger partial charge >= 0.3 is 0 Å². The van der Waals surface area contributed by atoms with Gasteiger partial charge in [0.05, 0.1) is 32.1 Å². The molecule has 0 spiro atoms. The summed E-state index contributed by atoms with van der Waals surface area (Å²) in [5.74, 6) is 0.595. The molecular formula is C24H28N4O3. The van der Waals surface area contributed by atoms with Gasteiger partial charge in [-0.25, -0.2) is 0 Å². The van der Waals surface area contributed by atoms with Crippen LogP contribution in [0.4, 0.5) is 5.69 Å². The molecule has 1 saturated heterocycles. The maximum Gasteiger partial charge on any atom is 0.272 e. The molecule has 1 amide bonds. The first kappa shape index (κ1) is 20.9. The summed E-state index contributed by atoms with van der Waals surface area (Å²) in [5, 5.41) is 7.46. The summed E-state index contributed by atoms with van der Waals surface area (Å²) < 4.78 is 12.3. The lowest BCUT2D eigenvalue weighted by Gasteiger charge is -2.29. The van der Waals surface area contributed by atoms with Gasteiger partial charge in [0, 0.05) is 31.4 Å². The Labute approximate surface area is 182 Å². The van der Waals surface area contributed by atoms with Gasteiger partial charge in [-0.05, 0) is 55.0 Å². The smallest absolute Gasteiger partial charge is 0.272 e. The number of hydrogen-bond acceptors (Lipinski definition) is 5. The number of hydrogen-bond donors (Lipinski definition) is 1. The zero-order valence-corrected chi connectivity index (χ0v) is 18.2. The van der Waals surface area contributed by atoms with Crippen molar-refractivity contribution in [2.45, 2.75) is 13.0 Å². The first-order valence-electron chi connectivity index (χ1n) is 10.5. The summed E-state index contributed by atoms with van der Waals surface area (Å²) in [6.07, 6.45) is 0. The molecule has 31 heavy (non-hydrogen) atoms. The van der Waals surface area contributed by atoms with Gasteiger partial charge in [0.1, 0.15) is 5.75 Å². The van der Waals surface area contributed by atoms with Gasteiger partial charge in [0.25, 0.3) is 5.91 Å². The fraction of sp³-hybridized carbons (Fsp3) is 0.333. The van der Waals surface area contributed by atoms with Crippen LogP contribution in [-0.2, 0) is 11.8 Å². The first-order valence-corrected chi connectivity index (χ1v) is 10.5. The Bertz CT molecular complexity index is 1020. The molecule has 0 radical (unpaired) electrons. The average Bonchev–Trinajstić information content (AvgIpc) is 3.21. The van der Waals surface area contributed by atoms with Gasteiger partial charge in [0.15, 0.2) is 5.69 Å². The summed E-state index contributed by atoms with van der Waals surface area (Å²) in [4.78, 5) is 15.1. The molecule has 0 aliphatic carbocycles. The highest BCUT2D eigenvalue weighted by molar-refractivity contribution is 5.93. The highest BCUT2D eigenvalue weighted by Crippen LogP contribution is 2.24. The second kappa shape index (κ2) is 9.22. The van der Waals surface area contributed by atoms with E-state index in [0.717, 1.165) is 48.9 Å². The quantitative estimate of drug-likeness (QED) is 0.662. The molecule has 0 saturated carbocycles. The maximum absolute atomic E-state index is 12.8. The van der Waals surface area contributed by atoms with Crippen molar-refractivity contribution in [3.05, 3.63) is 65.9 Å². The van der Waals surface area contributed by atoms with Crippen molar-refractivity contribution in [3.63, 3.8) is 0 Å². The molecule has 1 N–H and O–H groups in total. The number of aromatic nitrogens is 2. The Morgan fingerprint density at radius 3 is 2.42 bits per heavy atom. The molecule has 2 heterocycles.